The second kappa shape index (κ2) is 18.0. The number of nitriles is 1. The van der Waals surface area contributed by atoms with Gasteiger partial charge in [0.1, 0.15) is 0 Å². The number of H-pyrrole nitrogens is 1. The van der Waals surface area contributed by atoms with Crippen molar-refractivity contribution in [1.29, 1.82) is 5.26 Å². The highest BCUT2D eigenvalue weighted by atomic mass is 19.2. The normalized spacial score (nSPS) is 11.6. The number of guanidine groups is 1. The molecule has 0 radical (unpaired) electrons. The monoisotopic (exact) mass is 719 g/mol. The van der Waals surface area contributed by atoms with Crippen molar-refractivity contribution in [3.05, 3.63) is 89.3 Å². The summed E-state index contributed by atoms with van der Waals surface area (Å²) in [5, 5.41) is 16.7. The van der Waals surface area contributed by atoms with E-state index >= 15 is 0 Å². The SMILES string of the molecule is CCCCc1[nH]c2c(N)nc3ccccc3c2[n+]1CCCCN=C(NCCOCCC(=O)Oc1c(F)c(F)cc(F)c1F)Nc1cccc(C#N)c1. The number of nitrogens with one attached hydrogen (secondary N) is 3. The Morgan fingerprint density at radius 1 is 1.04 bits per heavy atom. The molecule has 0 unspecified atom stereocenters. The van der Waals surface area contributed by atoms with Crippen molar-refractivity contribution in [2.75, 3.05) is 37.4 Å². The zero-order valence-corrected chi connectivity index (χ0v) is 28.6. The van der Waals surface area contributed by atoms with Crippen LogP contribution in [0.4, 0.5) is 29.1 Å². The van der Waals surface area contributed by atoms with E-state index in [0.29, 0.717) is 29.6 Å². The van der Waals surface area contributed by atoms with Gasteiger partial charge in [-0.25, -0.2) is 23.3 Å². The Morgan fingerprint density at radius 2 is 1.83 bits per heavy atom. The van der Waals surface area contributed by atoms with E-state index in [2.05, 4.69) is 49.0 Å². The summed E-state index contributed by atoms with van der Waals surface area (Å²) in [7, 11) is 0. The average Bonchev–Trinajstić information content (AvgIpc) is 3.51. The fraction of sp³-hybridized carbons (Fsp3) is 0.324. The van der Waals surface area contributed by atoms with Gasteiger partial charge in [0.2, 0.25) is 22.9 Å². The highest BCUT2D eigenvalue weighted by Gasteiger charge is 2.24. The van der Waals surface area contributed by atoms with Crippen LogP contribution in [-0.2, 0) is 22.5 Å². The van der Waals surface area contributed by atoms with Crippen LogP contribution in [0.2, 0.25) is 0 Å². The van der Waals surface area contributed by atoms with Crippen molar-refractivity contribution in [2.24, 2.45) is 4.99 Å². The number of anilines is 2. The number of esters is 1. The number of aryl methyl sites for hydroxylation is 2. The molecule has 0 fully saturated rings. The number of halogens is 4. The molecule has 0 spiro atoms. The molecule has 0 aliphatic rings. The minimum Gasteiger partial charge on any atom is -0.420 e. The van der Waals surface area contributed by atoms with E-state index in [-0.39, 0.29) is 25.8 Å². The van der Waals surface area contributed by atoms with E-state index in [9.17, 15) is 27.6 Å². The first kappa shape index (κ1) is 37.5. The van der Waals surface area contributed by atoms with E-state index in [1.807, 2.05) is 18.2 Å². The number of nitrogen functional groups attached to an aromatic ring is 1. The maximum Gasteiger partial charge on any atom is 0.313 e. The zero-order valence-electron chi connectivity index (χ0n) is 28.6. The van der Waals surface area contributed by atoms with Crippen molar-refractivity contribution in [3.63, 3.8) is 0 Å². The van der Waals surface area contributed by atoms with Crippen LogP contribution in [-0.4, -0.2) is 48.2 Å². The number of ether oxygens (including phenoxy) is 2. The van der Waals surface area contributed by atoms with Crippen LogP contribution in [0.15, 0.2) is 59.6 Å². The number of carbonyl (C=O) groups is 1. The number of aromatic amines is 1. The number of aliphatic imine (C=N–C) groups is 1. The maximum absolute atomic E-state index is 13.8. The predicted octanol–water partition coefficient (Wildman–Crippen LogP) is 6.21. The fourth-order valence-corrected chi connectivity index (χ4v) is 5.57. The topological polar surface area (TPSA) is 154 Å². The van der Waals surface area contributed by atoms with E-state index < -0.39 is 41.4 Å². The molecule has 2 aromatic heterocycles. The van der Waals surface area contributed by atoms with Gasteiger partial charge in [0.15, 0.2) is 28.9 Å². The predicted molar refractivity (Wildman–Crippen MR) is 188 cm³/mol. The van der Waals surface area contributed by atoms with E-state index in [1.54, 1.807) is 24.3 Å². The lowest BCUT2D eigenvalue weighted by molar-refractivity contribution is -0.678. The highest BCUT2D eigenvalue weighted by Crippen LogP contribution is 2.27. The number of hydrogen-bond donors (Lipinski definition) is 4. The second-order valence-electron chi connectivity index (χ2n) is 11.9. The number of carbonyl (C=O) groups excluding carboxylic acids is 1. The Labute approximate surface area is 297 Å². The first-order valence-electron chi connectivity index (χ1n) is 17.0. The van der Waals surface area contributed by atoms with Crippen LogP contribution < -0.4 is 25.7 Å². The molecule has 5 aromatic rings. The molecule has 0 saturated carbocycles. The summed E-state index contributed by atoms with van der Waals surface area (Å²) in [6.45, 7) is 3.55. The fourth-order valence-electron chi connectivity index (χ4n) is 5.57. The molecule has 0 saturated heterocycles. The third-order valence-corrected chi connectivity index (χ3v) is 8.12. The molecule has 2 heterocycles. The standard InChI is InChI=1S/C37H38F4N8O3/c1-2-3-13-29-48-33-34(25-11-4-5-12-28(25)47-36(33)43)49(29)17-7-6-15-44-37(46-24-10-8-9-23(20-24)22-42)45-16-19-51-18-14-30(50)52-35-31(40)26(38)21-27(39)32(35)41/h4-5,8-12,20-21H,2-3,6-7,13-19H2,1H3,(H4,43,44,45,46,47)/p+1. The summed E-state index contributed by atoms with van der Waals surface area (Å²) < 4.78 is 66.6. The molecule has 5 N–H and O–H groups in total. The van der Waals surface area contributed by atoms with E-state index in [1.165, 1.54) is 0 Å². The molecule has 0 aliphatic heterocycles. The van der Waals surface area contributed by atoms with Crippen LogP contribution in [0.1, 0.15) is 50.4 Å². The van der Waals surface area contributed by atoms with Crippen LogP contribution in [0.25, 0.3) is 21.9 Å². The number of nitrogens with two attached hydrogens (primary N) is 1. The summed E-state index contributed by atoms with van der Waals surface area (Å²) in [5.74, 6) is -7.55. The van der Waals surface area contributed by atoms with Gasteiger partial charge in [0.25, 0.3) is 5.82 Å². The lowest BCUT2D eigenvalue weighted by Crippen LogP contribution is -2.37. The summed E-state index contributed by atoms with van der Waals surface area (Å²) in [4.78, 5) is 24.9. The van der Waals surface area contributed by atoms with Crippen molar-refractivity contribution < 1.29 is 36.4 Å². The smallest absolute Gasteiger partial charge is 0.313 e. The van der Waals surface area contributed by atoms with Gasteiger partial charge >= 0.3 is 5.97 Å². The van der Waals surface area contributed by atoms with Crippen LogP contribution in [0.3, 0.4) is 0 Å². The average molecular weight is 720 g/mol. The lowest BCUT2D eigenvalue weighted by Gasteiger charge is -2.13. The number of unbranched alkanes of at least 4 members (excludes halogenated alkanes) is 2. The Bertz CT molecular complexity index is 2090. The summed E-state index contributed by atoms with van der Waals surface area (Å²) in [6.07, 6.45) is 4.11. The number of benzene rings is 3. The van der Waals surface area contributed by atoms with Gasteiger partial charge in [0.05, 0.1) is 48.7 Å². The van der Waals surface area contributed by atoms with Gasteiger partial charge in [0, 0.05) is 31.3 Å². The van der Waals surface area contributed by atoms with Crippen molar-refractivity contribution in [1.82, 2.24) is 15.3 Å². The molecular formula is C37H39F4N8O3+. The van der Waals surface area contributed by atoms with Crippen molar-refractivity contribution >= 4 is 45.4 Å². The Morgan fingerprint density at radius 3 is 2.60 bits per heavy atom. The molecule has 272 valence electrons. The first-order chi connectivity index (χ1) is 25.2. The van der Waals surface area contributed by atoms with Gasteiger partial charge in [-0.3, -0.25) is 9.79 Å². The Kier molecular flexibility index (Phi) is 12.9. The molecule has 11 nitrogen and oxygen atoms in total. The minimum absolute atomic E-state index is 0.0233. The molecule has 0 bridgehead atoms. The van der Waals surface area contributed by atoms with E-state index in [4.69, 9.17) is 15.5 Å². The van der Waals surface area contributed by atoms with Crippen LogP contribution in [0.5, 0.6) is 5.75 Å². The summed E-state index contributed by atoms with van der Waals surface area (Å²) in [6, 6.07) is 17.0. The largest absolute Gasteiger partial charge is 0.420 e. The number of rotatable bonds is 16. The summed E-state index contributed by atoms with van der Waals surface area (Å²) in [5.41, 5.74) is 10.2. The first-order valence-corrected chi connectivity index (χ1v) is 17.0. The van der Waals surface area contributed by atoms with Crippen molar-refractivity contribution in [2.45, 2.75) is 52.0 Å². The third-order valence-electron chi connectivity index (χ3n) is 8.12. The molecule has 3 aromatic carbocycles. The number of hydrogen-bond acceptors (Lipinski definition) is 7. The molecule has 15 heteroatoms. The Hall–Kier alpha value is -5.75. The molecule has 5 rings (SSSR count). The van der Waals surface area contributed by atoms with Crippen LogP contribution in [0, 0.1) is 34.6 Å². The quantitative estimate of drug-likeness (QED) is 0.0137. The summed E-state index contributed by atoms with van der Waals surface area (Å²) >= 11 is 0. The molecule has 0 atom stereocenters. The second-order valence-corrected chi connectivity index (χ2v) is 11.9. The number of imidazole rings is 1. The number of nitrogens with zero attached hydrogens (tertiary/aromatic N) is 4. The molecule has 0 amide bonds. The third kappa shape index (κ3) is 9.32. The number of fused-ring (bicyclic) bond motifs is 3. The van der Waals surface area contributed by atoms with Gasteiger partial charge in [-0.2, -0.15) is 14.0 Å². The number of aromatic nitrogens is 3. The minimum atomic E-state index is -1.80. The number of pyridine rings is 1. The zero-order chi connectivity index (χ0) is 37.0. The lowest BCUT2D eigenvalue weighted by atomic mass is 10.2. The molecule has 0 aliphatic carbocycles. The van der Waals surface area contributed by atoms with Gasteiger partial charge in [-0.15, -0.1) is 0 Å². The van der Waals surface area contributed by atoms with Gasteiger partial charge in [-0.1, -0.05) is 31.5 Å². The highest BCUT2D eigenvalue weighted by molar-refractivity contribution is 6.04. The van der Waals surface area contributed by atoms with Gasteiger partial charge < -0.3 is 25.8 Å². The van der Waals surface area contributed by atoms with E-state index in [0.717, 1.165) is 66.4 Å². The molecular weight excluding hydrogens is 680 g/mol. The molecule has 52 heavy (non-hydrogen) atoms. The Balaban J connectivity index is 1.18. The maximum atomic E-state index is 13.8. The van der Waals surface area contributed by atoms with Crippen molar-refractivity contribution in [3.8, 4) is 11.8 Å². The van der Waals surface area contributed by atoms with Gasteiger partial charge in [-0.05, 0) is 49.6 Å². The number of para-hydroxylation sites is 1. The van der Waals surface area contributed by atoms with Crippen LogP contribution >= 0.6 is 0 Å².